The summed E-state index contributed by atoms with van der Waals surface area (Å²) in [7, 11) is 0. The van der Waals surface area contributed by atoms with Crippen LogP contribution in [0.15, 0.2) is 29.4 Å². The van der Waals surface area contributed by atoms with Gasteiger partial charge in [-0.15, -0.1) is 10.2 Å². The van der Waals surface area contributed by atoms with Crippen molar-refractivity contribution in [3.63, 3.8) is 0 Å². The van der Waals surface area contributed by atoms with Crippen molar-refractivity contribution >= 4 is 23.6 Å². The smallest absolute Gasteiger partial charge is 0.338 e. The zero-order valence-electron chi connectivity index (χ0n) is 15.3. The average Bonchev–Trinajstić information content (AvgIpc) is 3.34. The summed E-state index contributed by atoms with van der Waals surface area (Å²) >= 11 is 1.49. The van der Waals surface area contributed by atoms with Gasteiger partial charge in [-0.25, -0.2) is 4.79 Å². The van der Waals surface area contributed by atoms with Crippen LogP contribution < -0.4 is 5.32 Å². The third kappa shape index (κ3) is 4.86. The van der Waals surface area contributed by atoms with E-state index in [9.17, 15) is 9.59 Å². The monoisotopic (exact) mass is 390 g/mol. The first kappa shape index (κ1) is 19.4. The SMILES string of the molecule is CSc1nnc(C)n1-c1ccc(C(=O)OCC(=O)NCC2CCCO2)cc1. The van der Waals surface area contributed by atoms with Gasteiger partial charge in [0.2, 0.25) is 0 Å². The fourth-order valence-corrected chi connectivity index (χ4v) is 3.36. The molecule has 1 N–H and O–H groups in total. The molecule has 3 rings (SSSR count). The van der Waals surface area contributed by atoms with Gasteiger partial charge in [-0.3, -0.25) is 9.36 Å². The maximum atomic E-state index is 12.1. The van der Waals surface area contributed by atoms with Gasteiger partial charge in [0.25, 0.3) is 5.91 Å². The molecular weight excluding hydrogens is 368 g/mol. The van der Waals surface area contributed by atoms with E-state index in [0.717, 1.165) is 36.1 Å². The predicted octanol–water partition coefficient (Wildman–Crippen LogP) is 1.75. The zero-order chi connectivity index (χ0) is 19.2. The molecule has 1 fully saturated rings. The standard InChI is InChI=1S/C18H22N4O4S/c1-12-20-21-18(27-2)22(12)14-7-5-13(6-8-14)17(24)26-11-16(23)19-10-15-4-3-9-25-15/h5-8,15H,3-4,9-11H2,1-2H3,(H,19,23). The summed E-state index contributed by atoms with van der Waals surface area (Å²) in [6.45, 7) is 2.73. The first-order chi connectivity index (χ1) is 13.1. The molecule has 1 aromatic heterocycles. The van der Waals surface area contributed by atoms with E-state index in [1.54, 1.807) is 24.3 Å². The molecule has 1 amide bonds. The van der Waals surface area contributed by atoms with Gasteiger partial charge in [-0.2, -0.15) is 0 Å². The molecule has 1 aliphatic heterocycles. The highest BCUT2D eigenvalue weighted by atomic mass is 32.2. The number of carbonyl (C=O) groups is 2. The first-order valence-corrected chi connectivity index (χ1v) is 9.93. The number of benzene rings is 1. The van der Waals surface area contributed by atoms with Crippen molar-refractivity contribution in [2.75, 3.05) is 26.0 Å². The Morgan fingerprint density at radius 2 is 2.11 bits per heavy atom. The fourth-order valence-electron chi connectivity index (χ4n) is 2.82. The van der Waals surface area contributed by atoms with Crippen molar-refractivity contribution in [1.82, 2.24) is 20.1 Å². The Hall–Kier alpha value is -2.39. The number of hydrogen-bond donors (Lipinski definition) is 1. The van der Waals surface area contributed by atoms with E-state index in [1.807, 2.05) is 17.7 Å². The number of esters is 1. The van der Waals surface area contributed by atoms with Crippen LogP contribution in [0.5, 0.6) is 0 Å². The van der Waals surface area contributed by atoms with E-state index < -0.39 is 5.97 Å². The Bertz CT molecular complexity index is 800. The van der Waals surface area contributed by atoms with Crippen LogP contribution in [0.25, 0.3) is 5.69 Å². The Kier molecular flexibility index (Phi) is 6.46. The average molecular weight is 390 g/mol. The number of aryl methyl sites for hydroxylation is 1. The molecule has 27 heavy (non-hydrogen) atoms. The highest BCUT2D eigenvalue weighted by molar-refractivity contribution is 7.98. The Balaban J connectivity index is 1.53. The summed E-state index contributed by atoms with van der Waals surface area (Å²) in [4.78, 5) is 23.9. The third-order valence-electron chi connectivity index (χ3n) is 4.22. The number of aromatic nitrogens is 3. The number of rotatable bonds is 7. The van der Waals surface area contributed by atoms with Crippen LogP contribution in [0.1, 0.15) is 29.0 Å². The lowest BCUT2D eigenvalue weighted by Crippen LogP contribution is -2.34. The number of amides is 1. The molecule has 0 bridgehead atoms. The van der Waals surface area contributed by atoms with Gasteiger partial charge in [0.05, 0.1) is 11.7 Å². The van der Waals surface area contributed by atoms with Crippen molar-refractivity contribution in [2.24, 2.45) is 0 Å². The van der Waals surface area contributed by atoms with Crippen LogP contribution in [-0.2, 0) is 14.3 Å². The minimum absolute atomic E-state index is 0.0597. The zero-order valence-corrected chi connectivity index (χ0v) is 16.1. The van der Waals surface area contributed by atoms with E-state index in [1.165, 1.54) is 11.8 Å². The third-order valence-corrected chi connectivity index (χ3v) is 4.85. The number of nitrogens with one attached hydrogen (secondary N) is 1. The van der Waals surface area contributed by atoms with E-state index in [0.29, 0.717) is 12.1 Å². The van der Waals surface area contributed by atoms with Crippen molar-refractivity contribution in [1.29, 1.82) is 0 Å². The summed E-state index contributed by atoms with van der Waals surface area (Å²) in [5.74, 6) is -0.114. The maximum Gasteiger partial charge on any atom is 0.338 e. The fraction of sp³-hybridized carbons (Fsp3) is 0.444. The number of nitrogens with zero attached hydrogens (tertiary/aromatic N) is 3. The number of hydrogen-bond acceptors (Lipinski definition) is 7. The number of carbonyl (C=O) groups excluding carboxylic acids is 2. The van der Waals surface area contributed by atoms with Crippen LogP contribution in [0.4, 0.5) is 0 Å². The predicted molar refractivity (Wildman–Crippen MR) is 100 cm³/mol. The van der Waals surface area contributed by atoms with Crippen LogP contribution in [0, 0.1) is 6.92 Å². The second-order valence-electron chi connectivity index (χ2n) is 6.13. The summed E-state index contributed by atoms with van der Waals surface area (Å²) in [5, 5.41) is 11.6. The second-order valence-corrected chi connectivity index (χ2v) is 6.90. The van der Waals surface area contributed by atoms with Crippen molar-refractivity contribution in [3.8, 4) is 5.69 Å². The Morgan fingerprint density at radius 3 is 2.78 bits per heavy atom. The molecule has 0 radical (unpaired) electrons. The minimum Gasteiger partial charge on any atom is -0.452 e. The Morgan fingerprint density at radius 1 is 1.33 bits per heavy atom. The molecule has 1 unspecified atom stereocenters. The molecular formula is C18H22N4O4S. The molecule has 144 valence electrons. The molecule has 0 aliphatic carbocycles. The van der Waals surface area contributed by atoms with Gasteiger partial charge in [0.1, 0.15) is 5.82 Å². The normalized spacial score (nSPS) is 16.3. The molecule has 1 atom stereocenters. The van der Waals surface area contributed by atoms with Crippen molar-refractivity contribution in [3.05, 3.63) is 35.7 Å². The summed E-state index contributed by atoms with van der Waals surface area (Å²) in [6.07, 6.45) is 3.94. The second kappa shape index (κ2) is 9.01. The van der Waals surface area contributed by atoms with Gasteiger partial charge in [-0.05, 0) is 50.3 Å². The molecule has 8 nitrogen and oxygen atoms in total. The minimum atomic E-state index is -0.542. The maximum absolute atomic E-state index is 12.1. The van der Waals surface area contributed by atoms with Crippen LogP contribution in [0.2, 0.25) is 0 Å². The van der Waals surface area contributed by atoms with E-state index in [-0.39, 0.29) is 18.6 Å². The highest BCUT2D eigenvalue weighted by Crippen LogP contribution is 2.20. The molecule has 9 heteroatoms. The number of thioether (sulfide) groups is 1. The van der Waals surface area contributed by atoms with Crippen molar-refractivity contribution in [2.45, 2.75) is 31.0 Å². The Labute approximate surface area is 161 Å². The van der Waals surface area contributed by atoms with Gasteiger partial charge in [0.15, 0.2) is 11.8 Å². The van der Waals surface area contributed by atoms with Crippen LogP contribution in [0.3, 0.4) is 0 Å². The van der Waals surface area contributed by atoms with E-state index >= 15 is 0 Å². The van der Waals surface area contributed by atoms with Crippen LogP contribution >= 0.6 is 11.8 Å². The van der Waals surface area contributed by atoms with Gasteiger partial charge < -0.3 is 14.8 Å². The lowest BCUT2D eigenvalue weighted by atomic mass is 10.2. The molecule has 1 aliphatic rings. The van der Waals surface area contributed by atoms with Crippen molar-refractivity contribution < 1.29 is 19.1 Å². The largest absolute Gasteiger partial charge is 0.452 e. The number of ether oxygens (including phenoxy) is 2. The topological polar surface area (TPSA) is 95.3 Å². The highest BCUT2D eigenvalue weighted by Gasteiger charge is 2.17. The lowest BCUT2D eigenvalue weighted by Gasteiger charge is -2.11. The quantitative estimate of drug-likeness (QED) is 0.568. The molecule has 1 saturated heterocycles. The molecule has 2 heterocycles. The van der Waals surface area contributed by atoms with E-state index in [4.69, 9.17) is 9.47 Å². The van der Waals surface area contributed by atoms with Gasteiger partial charge in [0, 0.05) is 18.8 Å². The summed E-state index contributed by atoms with van der Waals surface area (Å²) < 4.78 is 12.4. The van der Waals surface area contributed by atoms with Gasteiger partial charge >= 0.3 is 5.97 Å². The molecule has 1 aromatic carbocycles. The molecule has 0 spiro atoms. The summed E-state index contributed by atoms with van der Waals surface area (Å²) in [6, 6.07) is 6.91. The molecule has 0 saturated carbocycles. The van der Waals surface area contributed by atoms with Crippen LogP contribution in [-0.4, -0.2) is 58.8 Å². The first-order valence-electron chi connectivity index (χ1n) is 8.70. The van der Waals surface area contributed by atoms with E-state index in [2.05, 4.69) is 15.5 Å². The van der Waals surface area contributed by atoms with Gasteiger partial charge in [-0.1, -0.05) is 11.8 Å². The summed E-state index contributed by atoms with van der Waals surface area (Å²) in [5.41, 5.74) is 1.23. The lowest BCUT2D eigenvalue weighted by molar-refractivity contribution is -0.124. The molecule has 2 aromatic rings.